The molecule has 1 heterocycles. The monoisotopic (exact) mass is 258 g/mol. The number of hydrogen-bond acceptors (Lipinski definition) is 4. The molecule has 0 aliphatic rings. The predicted octanol–water partition coefficient (Wildman–Crippen LogP) is 2.02. The molecular weight excluding hydrogens is 244 g/mol. The molecule has 0 fully saturated rings. The van der Waals surface area contributed by atoms with Crippen molar-refractivity contribution in [2.24, 2.45) is 5.73 Å². The van der Waals surface area contributed by atoms with Gasteiger partial charge in [-0.3, -0.25) is 0 Å². The molecule has 0 spiro atoms. The number of halogens is 1. The number of nitrogens with zero attached hydrogens (tertiary/aromatic N) is 3. The third kappa shape index (κ3) is 3.90. The minimum absolute atomic E-state index is 0.310. The predicted molar refractivity (Wildman–Crippen MR) is 70.9 cm³/mol. The summed E-state index contributed by atoms with van der Waals surface area (Å²) in [5.74, 6) is 0.788. The molecule has 0 aromatic carbocycles. The lowest BCUT2D eigenvalue weighted by molar-refractivity contribution is 0.674. The maximum absolute atomic E-state index is 5.69. The van der Waals surface area contributed by atoms with E-state index < -0.39 is 0 Å². The van der Waals surface area contributed by atoms with Gasteiger partial charge in [-0.05, 0) is 26.0 Å². The SMILES string of the molecule is CC(C)N(CCC(N)=S)c1ccc(Cl)nn1. The van der Waals surface area contributed by atoms with E-state index in [4.69, 9.17) is 29.6 Å². The first-order valence-electron chi connectivity index (χ1n) is 5.05. The molecule has 2 N–H and O–H groups in total. The van der Waals surface area contributed by atoms with E-state index in [0.717, 1.165) is 12.4 Å². The summed E-state index contributed by atoms with van der Waals surface area (Å²) in [6.45, 7) is 4.90. The third-order valence-electron chi connectivity index (χ3n) is 2.13. The first-order valence-corrected chi connectivity index (χ1v) is 5.83. The van der Waals surface area contributed by atoms with Crippen LogP contribution in [0.5, 0.6) is 0 Å². The molecule has 0 radical (unpaired) electrons. The maximum Gasteiger partial charge on any atom is 0.151 e. The largest absolute Gasteiger partial charge is 0.393 e. The molecule has 0 unspecified atom stereocenters. The lowest BCUT2D eigenvalue weighted by Gasteiger charge is -2.27. The molecule has 0 bridgehead atoms. The Balaban J connectivity index is 2.77. The molecule has 1 aromatic rings. The molecule has 1 aromatic heterocycles. The highest BCUT2D eigenvalue weighted by molar-refractivity contribution is 7.80. The van der Waals surface area contributed by atoms with Gasteiger partial charge in [-0.2, -0.15) is 0 Å². The summed E-state index contributed by atoms with van der Waals surface area (Å²) in [6.07, 6.45) is 0.665. The van der Waals surface area contributed by atoms with E-state index in [0.29, 0.717) is 22.6 Å². The number of nitrogens with two attached hydrogens (primary N) is 1. The van der Waals surface area contributed by atoms with Crippen LogP contribution in [0.4, 0.5) is 5.82 Å². The molecule has 6 heteroatoms. The Bertz CT molecular complexity index is 352. The maximum atomic E-state index is 5.69. The number of rotatable bonds is 5. The number of thiocarbonyl (C=S) groups is 1. The van der Waals surface area contributed by atoms with E-state index in [-0.39, 0.29) is 0 Å². The van der Waals surface area contributed by atoms with E-state index >= 15 is 0 Å². The first-order chi connectivity index (χ1) is 7.50. The van der Waals surface area contributed by atoms with Crippen molar-refractivity contribution in [3.8, 4) is 0 Å². The van der Waals surface area contributed by atoms with Crippen molar-refractivity contribution in [1.29, 1.82) is 0 Å². The third-order valence-corrected chi connectivity index (χ3v) is 2.54. The minimum Gasteiger partial charge on any atom is -0.393 e. The molecule has 0 saturated carbocycles. The molecule has 4 nitrogen and oxygen atoms in total. The number of anilines is 1. The van der Waals surface area contributed by atoms with Gasteiger partial charge in [-0.1, -0.05) is 23.8 Å². The van der Waals surface area contributed by atoms with Gasteiger partial charge in [-0.15, -0.1) is 10.2 Å². The fraction of sp³-hybridized carbons (Fsp3) is 0.500. The molecule has 0 aliphatic carbocycles. The summed E-state index contributed by atoms with van der Waals surface area (Å²) in [7, 11) is 0. The van der Waals surface area contributed by atoms with Crippen LogP contribution in [0, 0.1) is 0 Å². The molecule has 0 atom stereocenters. The highest BCUT2D eigenvalue weighted by Crippen LogP contribution is 2.15. The average Bonchev–Trinajstić information content (AvgIpc) is 2.20. The molecule has 0 aliphatic heterocycles. The molecule has 0 amide bonds. The highest BCUT2D eigenvalue weighted by atomic mass is 35.5. The zero-order valence-corrected chi connectivity index (χ0v) is 10.9. The van der Waals surface area contributed by atoms with Crippen molar-refractivity contribution in [2.45, 2.75) is 26.3 Å². The molecule has 16 heavy (non-hydrogen) atoms. The summed E-state index contributed by atoms with van der Waals surface area (Å²) in [6, 6.07) is 3.87. The standard InChI is InChI=1S/C10H15ClN4S/c1-7(2)15(6-5-9(12)16)10-4-3-8(11)13-14-10/h3-4,7H,5-6H2,1-2H3,(H2,12,16). The van der Waals surface area contributed by atoms with Gasteiger partial charge in [0.1, 0.15) is 0 Å². The summed E-state index contributed by atoms with van der Waals surface area (Å²) in [5.41, 5.74) is 5.49. The van der Waals surface area contributed by atoms with Crippen LogP contribution in [0.2, 0.25) is 5.15 Å². The van der Waals surface area contributed by atoms with E-state index in [1.54, 1.807) is 6.07 Å². The van der Waals surface area contributed by atoms with E-state index in [9.17, 15) is 0 Å². The van der Waals surface area contributed by atoms with Gasteiger partial charge in [-0.25, -0.2) is 0 Å². The lowest BCUT2D eigenvalue weighted by atomic mass is 10.2. The second kappa shape index (κ2) is 5.96. The Morgan fingerprint density at radius 1 is 1.50 bits per heavy atom. The van der Waals surface area contributed by atoms with Crippen molar-refractivity contribution in [3.05, 3.63) is 17.3 Å². The van der Waals surface area contributed by atoms with Crippen LogP contribution in [0.1, 0.15) is 20.3 Å². The highest BCUT2D eigenvalue weighted by Gasteiger charge is 2.12. The summed E-state index contributed by atoms with van der Waals surface area (Å²) in [4.78, 5) is 2.59. The van der Waals surface area contributed by atoms with Crippen molar-refractivity contribution in [3.63, 3.8) is 0 Å². The van der Waals surface area contributed by atoms with Crippen LogP contribution >= 0.6 is 23.8 Å². The van der Waals surface area contributed by atoms with E-state index in [1.807, 2.05) is 6.07 Å². The summed E-state index contributed by atoms with van der Waals surface area (Å²) < 4.78 is 0. The van der Waals surface area contributed by atoms with E-state index in [2.05, 4.69) is 28.9 Å². The fourth-order valence-corrected chi connectivity index (χ4v) is 1.52. The van der Waals surface area contributed by atoms with Crippen LogP contribution < -0.4 is 10.6 Å². The van der Waals surface area contributed by atoms with Crippen LogP contribution in [0.15, 0.2) is 12.1 Å². The smallest absolute Gasteiger partial charge is 0.151 e. The quantitative estimate of drug-likeness (QED) is 0.819. The Morgan fingerprint density at radius 2 is 2.19 bits per heavy atom. The Kier molecular flexibility index (Phi) is 4.89. The minimum atomic E-state index is 0.310. The van der Waals surface area contributed by atoms with Crippen molar-refractivity contribution < 1.29 is 0 Å². The summed E-state index contributed by atoms with van der Waals surface area (Å²) >= 11 is 10.6. The fourth-order valence-electron chi connectivity index (χ4n) is 1.33. The van der Waals surface area contributed by atoms with Crippen molar-refractivity contribution in [1.82, 2.24) is 10.2 Å². The number of hydrogen-bond donors (Lipinski definition) is 1. The van der Waals surface area contributed by atoms with E-state index in [1.165, 1.54) is 0 Å². The summed E-state index contributed by atoms with van der Waals surface area (Å²) in [5, 5.41) is 8.25. The molecule has 0 saturated heterocycles. The second-order valence-electron chi connectivity index (χ2n) is 3.72. The van der Waals surface area contributed by atoms with Gasteiger partial charge in [0.2, 0.25) is 0 Å². The molecular formula is C10H15ClN4S. The van der Waals surface area contributed by atoms with Gasteiger partial charge in [0.15, 0.2) is 11.0 Å². The Labute approximate surface area is 106 Å². The van der Waals surface area contributed by atoms with Crippen molar-refractivity contribution >= 4 is 34.6 Å². The lowest BCUT2D eigenvalue weighted by Crippen LogP contribution is -2.34. The number of aromatic nitrogens is 2. The normalized spacial score (nSPS) is 10.5. The van der Waals surface area contributed by atoms with Crippen LogP contribution in [0.25, 0.3) is 0 Å². The zero-order valence-electron chi connectivity index (χ0n) is 9.35. The van der Waals surface area contributed by atoms with Crippen LogP contribution in [-0.2, 0) is 0 Å². The van der Waals surface area contributed by atoms with Gasteiger partial charge in [0.05, 0.1) is 4.99 Å². The Hall–Kier alpha value is -0.940. The van der Waals surface area contributed by atoms with Gasteiger partial charge < -0.3 is 10.6 Å². The molecule has 1 rings (SSSR count). The van der Waals surface area contributed by atoms with Gasteiger partial charge in [0, 0.05) is 19.0 Å². The van der Waals surface area contributed by atoms with Gasteiger partial charge in [0.25, 0.3) is 0 Å². The first kappa shape index (κ1) is 13.1. The topological polar surface area (TPSA) is 55.0 Å². The second-order valence-corrected chi connectivity index (χ2v) is 4.63. The van der Waals surface area contributed by atoms with Gasteiger partial charge >= 0.3 is 0 Å². The van der Waals surface area contributed by atoms with Crippen LogP contribution in [0.3, 0.4) is 0 Å². The zero-order chi connectivity index (χ0) is 12.1. The Morgan fingerprint density at radius 3 is 2.62 bits per heavy atom. The average molecular weight is 259 g/mol. The molecule has 88 valence electrons. The van der Waals surface area contributed by atoms with Crippen molar-refractivity contribution in [2.75, 3.05) is 11.4 Å². The van der Waals surface area contributed by atoms with Crippen LogP contribution in [-0.4, -0.2) is 27.8 Å².